The smallest absolute Gasteiger partial charge is 0.250 e. The van der Waals surface area contributed by atoms with Crippen molar-refractivity contribution < 1.29 is 19.0 Å². The Morgan fingerprint density at radius 1 is 1.42 bits per heavy atom. The van der Waals surface area contributed by atoms with Crippen LogP contribution in [0.4, 0.5) is 11.4 Å². The number of amides is 1. The summed E-state index contributed by atoms with van der Waals surface area (Å²) < 4.78 is 15.7. The minimum atomic E-state index is -0.235. The van der Waals surface area contributed by atoms with Gasteiger partial charge in [-0.3, -0.25) is 4.79 Å². The molecule has 0 unspecified atom stereocenters. The van der Waals surface area contributed by atoms with Crippen LogP contribution in [-0.2, 0) is 9.53 Å². The minimum absolute atomic E-state index is 0.0217. The first-order valence-electron chi connectivity index (χ1n) is 6.27. The van der Waals surface area contributed by atoms with Gasteiger partial charge in [-0.05, 0) is 6.42 Å². The van der Waals surface area contributed by atoms with Crippen LogP contribution < -0.4 is 20.5 Å². The van der Waals surface area contributed by atoms with Gasteiger partial charge in [0.25, 0.3) is 0 Å². The van der Waals surface area contributed by atoms with Crippen LogP contribution in [0, 0.1) is 0 Å². The molecule has 3 N–H and O–H groups in total. The largest absolute Gasteiger partial charge is 0.454 e. The number of carbonyl (C=O) groups excluding carboxylic acids is 1. The molecule has 0 radical (unpaired) electrons. The number of hydrogen-bond acceptors (Lipinski definition) is 5. The van der Waals surface area contributed by atoms with Crippen molar-refractivity contribution in [2.45, 2.75) is 19.8 Å². The lowest BCUT2D eigenvalue weighted by molar-refractivity contribution is -0.120. The molecule has 19 heavy (non-hydrogen) atoms. The first-order valence-corrected chi connectivity index (χ1v) is 6.27. The number of fused-ring (bicyclic) bond motifs is 1. The maximum absolute atomic E-state index is 11.7. The second kappa shape index (κ2) is 6.29. The van der Waals surface area contributed by atoms with Crippen LogP contribution in [0.3, 0.4) is 0 Å². The molecule has 0 aliphatic carbocycles. The van der Waals surface area contributed by atoms with Gasteiger partial charge in [0.15, 0.2) is 11.5 Å². The Kier molecular flexibility index (Phi) is 4.46. The maximum Gasteiger partial charge on any atom is 0.250 e. The van der Waals surface area contributed by atoms with E-state index >= 15 is 0 Å². The number of unbranched alkanes of at least 4 members (excludes halogenated alkanes) is 1. The molecule has 1 aromatic rings. The lowest BCUT2D eigenvalue weighted by Crippen LogP contribution is -2.19. The summed E-state index contributed by atoms with van der Waals surface area (Å²) in [6.07, 6.45) is 1.98. The maximum atomic E-state index is 11.7. The van der Waals surface area contributed by atoms with Crippen LogP contribution in [0.1, 0.15) is 19.8 Å². The highest BCUT2D eigenvalue weighted by Crippen LogP contribution is 2.38. The molecule has 0 bridgehead atoms. The van der Waals surface area contributed by atoms with Gasteiger partial charge in [-0.1, -0.05) is 13.3 Å². The molecule has 0 saturated carbocycles. The SMILES string of the molecule is CCCCOCC(=O)Nc1cc2c(cc1N)OCO2. The predicted octanol–water partition coefficient (Wildman–Crippen LogP) is 1.75. The molecule has 2 rings (SSSR count). The number of nitrogens with two attached hydrogens (primary N) is 1. The summed E-state index contributed by atoms with van der Waals surface area (Å²) in [6, 6.07) is 3.29. The summed E-state index contributed by atoms with van der Waals surface area (Å²) in [4.78, 5) is 11.7. The van der Waals surface area contributed by atoms with E-state index in [-0.39, 0.29) is 19.3 Å². The second-order valence-electron chi connectivity index (χ2n) is 4.25. The molecule has 1 aliphatic rings. The zero-order valence-electron chi connectivity index (χ0n) is 10.9. The molecule has 0 saturated heterocycles. The van der Waals surface area contributed by atoms with E-state index in [0.29, 0.717) is 29.5 Å². The normalized spacial score (nSPS) is 12.5. The highest BCUT2D eigenvalue weighted by atomic mass is 16.7. The van der Waals surface area contributed by atoms with Gasteiger partial charge in [0.1, 0.15) is 6.61 Å². The van der Waals surface area contributed by atoms with E-state index in [9.17, 15) is 4.79 Å². The average molecular weight is 266 g/mol. The summed E-state index contributed by atoms with van der Waals surface area (Å²) >= 11 is 0. The van der Waals surface area contributed by atoms with Gasteiger partial charge in [0, 0.05) is 18.7 Å². The van der Waals surface area contributed by atoms with Crippen molar-refractivity contribution >= 4 is 17.3 Å². The summed E-state index contributed by atoms with van der Waals surface area (Å²) in [5.74, 6) is 0.938. The summed E-state index contributed by atoms with van der Waals surface area (Å²) in [6.45, 7) is 2.84. The van der Waals surface area contributed by atoms with E-state index in [0.717, 1.165) is 12.8 Å². The monoisotopic (exact) mass is 266 g/mol. The number of ether oxygens (including phenoxy) is 3. The van der Waals surface area contributed by atoms with Crippen molar-refractivity contribution in [1.29, 1.82) is 0 Å². The fraction of sp³-hybridized carbons (Fsp3) is 0.462. The van der Waals surface area contributed by atoms with Crippen LogP contribution in [0.15, 0.2) is 12.1 Å². The molecular formula is C13H18N2O4. The number of anilines is 2. The topological polar surface area (TPSA) is 82.8 Å². The second-order valence-corrected chi connectivity index (χ2v) is 4.25. The number of benzene rings is 1. The molecule has 104 valence electrons. The van der Waals surface area contributed by atoms with Crippen LogP contribution in [-0.4, -0.2) is 25.9 Å². The van der Waals surface area contributed by atoms with Gasteiger partial charge in [0.2, 0.25) is 12.7 Å². The third kappa shape index (κ3) is 3.51. The van der Waals surface area contributed by atoms with Gasteiger partial charge in [-0.15, -0.1) is 0 Å². The third-order valence-electron chi connectivity index (χ3n) is 2.69. The average Bonchev–Trinajstić information content (AvgIpc) is 2.82. The standard InChI is InChI=1S/C13H18N2O4/c1-2-3-4-17-7-13(16)15-10-6-12-11(5-9(10)14)18-8-19-12/h5-6H,2-4,7-8,14H2,1H3,(H,15,16). The Morgan fingerprint density at radius 3 is 2.89 bits per heavy atom. The number of nitrogens with one attached hydrogen (secondary N) is 1. The minimum Gasteiger partial charge on any atom is -0.454 e. The first kappa shape index (κ1) is 13.5. The van der Waals surface area contributed by atoms with Crippen molar-refractivity contribution in [2.75, 3.05) is 31.1 Å². The quantitative estimate of drug-likeness (QED) is 0.605. The molecule has 0 aromatic heterocycles. The zero-order valence-corrected chi connectivity index (χ0v) is 10.9. The fourth-order valence-electron chi connectivity index (χ4n) is 1.66. The summed E-state index contributed by atoms with van der Waals surface area (Å²) in [5, 5.41) is 2.69. The summed E-state index contributed by atoms with van der Waals surface area (Å²) in [5.41, 5.74) is 6.77. The fourth-order valence-corrected chi connectivity index (χ4v) is 1.66. The molecule has 0 spiro atoms. The highest BCUT2D eigenvalue weighted by Gasteiger charge is 2.17. The van der Waals surface area contributed by atoms with Gasteiger partial charge < -0.3 is 25.3 Å². The van der Waals surface area contributed by atoms with Crippen molar-refractivity contribution in [3.8, 4) is 11.5 Å². The molecule has 0 fully saturated rings. The van der Waals surface area contributed by atoms with Crippen LogP contribution in [0.25, 0.3) is 0 Å². The number of hydrogen-bond donors (Lipinski definition) is 2. The molecule has 0 atom stereocenters. The highest BCUT2D eigenvalue weighted by molar-refractivity contribution is 5.95. The van der Waals surface area contributed by atoms with E-state index in [2.05, 4.69) is 12.2 Å². The van der Waals surface area contributed by atoms with E-state index in [1.54, 1.807) is 12.1 Å². The number of rotatable bonds is 6. The van der Waals surface area contributed by atoms with Gasteiger partial charge in [0.05, 0.1) is 11.4 Å². The van der Waals surface area contributed by atoms with E-state index in [1.165, 1.54) is 0 Å². The molecule has 1 heterocycles. The molecule has 6 heteroatoms. The lowest BCUT2D eigenvalue weighted by atomic mass is 10.2. The van der Waals surface area contributed by atoms with Crippen molar-refractivity contribution in [1.82, 2.24) is 0 Å². The molecule has 1 aliphatic heterocycles. The first-order chi connectivity index (χ1) is 9.20. The number of nitrogen functional groups attached to an aromatic ring is 1. The van der Waals surface area contributed by atoms with Crippen LogP contribution >= 0.6 is 0 Å². The van der Waals surface area contributed by atoms with E-state index in [1.807, 2.05) is 0 Å². The van der Waals surface area contributed by atoms with Crippen molar-refractivity contribution in [3.05, 3.63) is 12.1 Å². The van der Waals surface area contributed by atoms with E-state index in [4.69, 9.17) is 19.9 Å². The Bertz CT molecular complexity index is 462. The molecular weight excluding hydrogens is 248 g/mol. The van der Waals surface area contributed by atoms with Crippen LogP contribution in [0.2, 0.25) is 0 Å². The molecule has 6 nitrogen and oxygen atoms in total. The van der Waals surface area contributed by atoms with Gasteiger partial charge in [-0.25, -0.2) is 0 Å². The van der Waals surface area contributed by atoms with Crippen molar-refractivity contribution in [3.63, 3.8) is 0 Å². The molecule has 1 aromatic carbocycles. The third-order valence-corrected chi connectivity index (χ3v) is 2.69. The Morgan fingerprint density at radius 2 is 2.16 bits per heavy atom. The Hall–Kier alpha value is -1.95. The predicted molar refractivity (Wildman–Crippen MR) is 71.3 cm³/mol. The van der Waals surface area contributed by atoms with Crippen LogP contribution in [0.5, 0.6) is 11.5 Å². The van der Waals surface area contributed by atoms with Gasteiger partial charge >= 0.3 is 0 Å². The number of carbonyl (C=O) groups is 1. The van der Waals surface area contributed by atoms with Crippen molar-refractivity contribution in [2.24, 2.45) is 0 Å². The Balaban J connectivity index is 1.90. The molecule has 1 amide bonds. The van der Waals surface area contributed by atoms with Gasteiger partial charge in [-0.2, -0.15) is 0 Å². The van der Waals surface area contributed by atoms with E-state index < -0.39 is 0 Å². The lowest BCUT2D eigenvalue weighted by Gasteiger charge is -2.09. The summed E-state index contributed by atoms with van der Waals surface area (Å²) in [7, 11) is 0. The zero-order chi connectivity index (χ0) is 13.7. The Labute approximate surface area is 111 Å².